The Morgan fingerprint density at radius 3 is 2.58 bits per heavy atom. The molecule has 144 valence electrons. The van der Waals surface area contributed by atoms with Crippen molar-refractivity contribution in [1.82, 2.24) is 14.7 Å². The number of likely N-dealkylation sites (tertiary alicyclic amines) is 1. The Labute approximate surface area is 165 Å². The minimum atomic E-state index is -0.568. The van der Waals surface area contributed by atoms with E-state index < -0.39 is 6.10 Å². The predicted octanol–water partition coefficient (Wildman–Crippen LogP) is 3.00. The average molecular weight is 400 g/mol. The molecular formula is C19H27Cl2N3O2. The third-order valence-electron chi connectivity index (χ3n) is 5.29. The summed E-state index contributed by atoms with van der Waals surface area (Å²) in [7, 11) is 2.19. The largest absolute Gasteiger partial charge is 0.479 e. The molecule has 0 aromatic heterocycles. The maximum atomic E-state index is 12.7. The van der Waals surface area contributed by atoms with Crippen LogP contribution in [-0.2, 0) is 4.79 Å². The third kappa shape index (κ3) is 4.83. The van der Waals surface area contributed by atoms with E-state index in [1.54, 1.807) is 25.1 Å². The highest BCUT2D eigenvalue weighted by Crippen LogP contribution is 2.28. The minimum Gasteiger partial charge on any atom is -0.479 e. The van der Waals surface area contributed by atoms with Gasteiger partial charge in [-0.05, 0) is 51.6 Å². The Morgan fingerprint density at radius 2 is 1.92 bits per heavy atom. The van der Waals surface area contributed by atoms with Gasteiger partial charge in [-0.3, -0.25) is 9.69 Å². The van der Waals surface area contributed by atoms with Gasteiger partial charge in [0.1, 0.15) is 5.75 Å². The molecular weight excluding hydrogens is 373 g/mol. The van der Waals surface area contributed by atoms with Gasteiger partial charge in [0.05, 0.1) is 5.02 Å². The number of benzene rings is 1. The molecule has 2 unspecified atom stereocenters. The maximum Gasteiger partial charge on any atom is 0.263 e. The van der Waals surface area contributed by atoms with Gasteiger partial charge in [0, 0.05) is 43.8 Å². The molecule has 0 aliphatic carbocycles. The molecule has 2 atom stereocenters. The molecule has 2 heterocycles. The molecule has 0 N–H and O–H groups in total. The van der Waals surface area contributed by atoms with Crippen LogP contribution in [0, 0.1) is 0 Å². The number of nitrogens with zero attached hydrogens (tertiary/aromatic N) is 3. The summed E-state index contributed by atoms with van der Waals surface area (Å²) in [6, 6.07) is 5.65. The third-order valence-corrected chi connectivity index (χ3v) is 5.82. The van der Waals surface area contributed by atoms with Crippen molar-refractivity contribution in [1.29, 1.82) is 0 Å². The van der Waals surface area contributed by atoms with E-state index in [-0.39, 0.29) is 5.91 Å². The average Bonchev–Trinajstić information content (AvgIpc) is 2.63. The molecule has 1 aromatic rings. The summed E-state index contributed by atoms with van der Waals surface area (Å²) >= 11 is 12.0. The first-order valence-electron chi connectivity index (χ1n) is 9.27. The number of piperazine rings is 1. The number of carbonyl (C=O) groups is 1. The van der Waals surface area contributed by atoms with E-state index >= 15 is 0 Å². The summed E-state index contributed by atoms with van der Waals surface area (Å²) in [4.78, 5) is 19.6. The van der Waals surface area contributed by atoms with Crippen LogP contribution in [0.4, 0.5) is 0 Å². The normalized spacial score (nSPS) is 23.7. The van der Waals surface area contributed by atoms with Crippen molar-refractivity contribution in [3.8, 4) is 5.75 Å². The van der Waals surface area contributed by atoms with Crippen LogP contribution in [0.5, 0.6) is 5.75 Å². The fourth-order valence-corrected chi connectivity index (χ4v) is 4.27. The van der Waals surface area contributed by atoms with Gasteiger partial charge in [-0.1, -0.05) is 23.2 Å². The van der Waals surface area contributed by atoms with Crippen molar-refractivity contribution in [2.45, 2.75) is 31.9 Å². The summed E-state index contributed by atoms with van der Waals surface area (Å²) in [5.74, 6) is 0.497. The summed E-state index contributed by atoms with van der Waals surface area (Å²) in [5.41, 5.74) is 0. The molecule has 5 nitrogen and oxygen atoms in total. The molecule has 2 saturated heterocycles. The van der Waals surface area contributed by atoms with Crippen LogP contribution < -0.4 is 4.74 Å². The molecule has 1 aromatic carbocycles. The highest BCUT2D eigenvalue weighted by Gasteiger charge is 2.30. The van der Waals surface area contributed by atoms with Gasteiger partial charge in [-0.2, -0.15) is 0 Å². The summed E-state index contributed by atoms with van der Waals surface area (Å²) in [5, 5.41) is 0.967. The van der Waals surface area contributed by atoms with Gasteiger partial charge in [0.15, 0.2) is 6.10 Å². The van der Waals surface area contributed by atoms with E-state index in [0.29, 0.717) is 21.8 Å². The lowest BCUT2D eigenvalue weighted by molar-refractivity contribution is -0.140. The number of piperidine rings is 1. The van der Waals surface area contributed by atoms with Crippen molar-refractivity contribution >= 4 is 29.1 Å². The minimum absolute atomic E-state index is 0.0106. The predicted molar refractivity (Wildman–Crippen MR) is 105 cm³/mol. The smallest absolute Gasteiger partial charge is 0.263 e. The van der Waals surface area contributed by atoms with Crippen molar-refractivity contribution in [3.63, 3.8) is 0 Å². The Morgan fingerprint density at radius 1 is 1.19 bits per heavy atom. The molecule has 7 heteroatoms. The standard InChI is InChI=1S/C19H27Cl2N3O2/c1-14(26-18-6-5-15(20)12-17(18)21)19(25)24-10-8-23(9-11-24)16-4-3-7-22(2)13-16/h5-6,12,14,16H,3-4,7-11,13H2,1-2H3. The Bertz CT molecular complexity index is 635. The molecule has 2 aliphatic rings. The first-order valence-corrected chi connectivity index (χ1v) is 10.0. The monoisotopic (exact) mass is 399 g/mol. The number of amides is 1. The van der Waals surface area contributed by atoms with E-state index in [2.05, 4.69) is 16.8 Å². The van der Waals surface area contributed by atoms with Crippen molar-refractivity contribution < 1.29 is 9.53 Å². The Kier molecular flexibility index (Phi) is 6.67. The van der Waals surface area contributed by atoms with Gasteiger partial charge >= 0.3 is 0 Å². The number of hydrogen-bond acceptors (Lipinski definition) is 4. The Balaban J connectivity index is 1.51. The fraction of sp³-hybridized carbons (Fsp3) is 0.632. The second kappa shape index (κ2) is 8.79. The summed E-state index contributed by atoms with van der Waals surface area (Å²) in [6.45, 7) is 7.45. The molecule has 0 saturated carbocycles. The van der Waals surface area contributed by atoms with Gasteiger partial charge in [-0.25, -0.2) is 0 Å². The second-order valence-corrected chi connectivity index (χ2v) is 8.10. The quantitative estimate of drug-likeness (QED) is 0.779. The lowest BCUT2D eigenvalue weighted by Crippen LogP contribution is -2.56. The zero-order chi connectivity index (χ0) is 18.7. The SMILES string of the molecule is CC(Oc1ccc(Cl)cc1Cl)C(=O)N1CCN(C2CCCN(C)C2)CC1. The van der Waals surface area contributed by atoms with Gasteiger partial charge in [0.25, 0.3) is 5.91 Å². The van der Waals surface area contributed by atoms with Crippen LogP contribution >= 0.6 is 23.2 Å². The van der Waals surface area contributed by atoms with Crippen molar-refractivity contribution in [2.24, 2.45) is 0 Å². The van der Waals surface area contributed by atoms with E-state index in [4.69, 9.17) is 27.9 Å². The molecule has 2 aliphatic heterocycles. The van der Waals surface area contributed by atoms with E-state index in [0.717, 1.165) is 32.7 Å². The zero-order valence-electron chi connectivity index (χ0n) is 15.5. The number of carbonyl (C=O) groups excluding carboxylic acids is 1. The highest BCUT2D eigenvalue weighted by molar-refractivity contribution is 6.35. The van der Waals surface area contributed by atoms with Crippen LogP contribution in [0.3, 0.4) is 0 Å². The van der Waals surface area contributed by atoms with Crippen molar-refractivity contribution in [2.75, 3.05) is 46.3 Å². The van der Waals surface area contributed by atoms with E-state index in [9.17, 15) is 4.79 Å². The van der Waals surface area contributed by atoms with Crippen LogP contribution in [0.2, 0.25) is 10.0 Å². The number of likely N-dealkylation sites (N-methyl/N-ethyl adjacent to an activating group) is 1. The Hall–Kier alpha value is -1.01. The lowest BCUT2D eigenvalue weighted by Gasteiger charge is -2.43. The van der Waals surface area contributed by atoms with Crippen LogP contribution in [-0.4, -0.2) is 79.1 Å². The lowest BCUT2D eigenvalue weighted by atomic mass is 10.0. The first-order chi connectivity index (χ1) is 12.4. The van der Waals surface area contributed by atoms with E-state index in [1.807, 2.05) is 4.90 Å². The molecule has 0 spiro atoms. The van der Waals surface area contributed by atoms with Crippen LogP contribution in [0.25, 0.3) is 0 Å². The molecule has 26 heavy (non-hydrogen) atoms. The van der Waals surface area contributed by atoms with Gasteiger partial charge in [-0.15, -0.1) is 0 Å². The van der Waals surface area contributed by atoms with Crippen molar-refractivity contribution in [3.05, 3.63) is 28.2 Å². The highest BCUT2D eigenvalue weighted by atomic mass is 35.5. The number of halogens is 2. The fourth-order valence-electron chi connectivity index (χ4n) is 3.81. The maximum absolute atomic E-state index is 12.7. The van der Waals surface area contributed by atoms with Crippen LogP contribution in [0.15, 0.2) is 18.2 Å². The number of hydrogen-bond donors (Lipinski definition) is 0. The molecule has 2 fully saturated rings. The number of ether oxygens (including phenoxy) is 1. The second-order valence-electron chi connectivity index (χ2n) is 7.25. The first kappa shape index (κ1) is 19.7. The molecule has 0 radical (unpaired) electrons. The van der Waals surface area contributed by atoms with Gasteiger partial charge < -0.3 is 14.5 Å². The zero-order valence-corrected chi connectivity index (χ0v) is 17.0. The molecule has 1 amide bonds. The summed E-state index contributed by atoms with van der Waals surface area (Å²) < 4.78 is 5.77. The summed E-state index contributed by atoms with van der Waals surface area (Å²) in [6.07, 6.45) is 1.95. The van der Waals surface area contributed by atoms with Gasteiger partial charge in [0.2, 0.25) is 0 Å². The van der Waals surface area contributed by atoms with Crippen LogP contribution in [0.1, 0.15) is 19.8 Å². The molecule has 0 bridgehead atoms. The van der Waals surface area contributed by atoms with E-state index in [1.165, 1.54) is 19.4 Å². The number of rotatable bonds is 4. The topological polar surface area (TPSA) is 36.0 Å². The molecule has 3 rings (SSSR count).